The molecule has 0 fully saturated rings. The van der Waals surface area contributed by atoms with Crippen LogP contribution in [0.3, 0.4) is 0 Å². The SMILES string of the molecule is Cc1cnc(-c2cc(=O)n(C)cc2F)c(F)c1. The normalized spacial score (nSPS) is 10.6. The van der Waals surface area contributed by atoms with Gasteiger partial charge in [0.05, 0.1) is 0 Å². The van der Waals surface area contributed by atoms with Gasteiger partial charge in [-0.3, -0.25) is 9.78 Å². The van der Waals surface area contributed by atoms with Gasteiger partial charge in [0.25, 0.3) is 5.56 Å². The molecule has 0 spiro atoms. The third-order valence-corrected chi connectivity index (χ3v) is 2.41. The largest absolute Gasteiger partial charge is 0.316 e. The van der Waals surface area contributed by atoms with Crippen molar-refractivity contribution in [2.45, 2.75) is 6.92 Å². The van der Waals surface area contributed by atoms with Gasteiger partial charge in [0.15, 0.2) is 0 Å². The van der Waals surface area contributed by atoms with E-state index in [1.807, 2.05) is 0 Å². The van der Waals surface area contributed by atoms with Crippen LogP contribution in [0, 0.1) is 18.6 Å². The predicted molar refractivity (Wildman–Crippen MR) is 59.6 cm³/mol. The Balaban J connectivity index is 2.68. The molecule has 0 aromatic carbocycles. The van der Waals surface area contributed by atoms with E-state index in [9.17, 15) is 13.6 Å². The highest BCUT2D eigenvalue weighted by atomic mass is 19.1. The van der Waals surface area contributed by atoms with Crippen LogP contribution in [-0.2, 0) is 7.05 Å². The van der Waals surface area contributed by atoms with Crippen molar-refractivity contribution in [2.24, 2.45) is 7.05 Å². The molecular weight excluding hydrogens is 226 g/mol. The van der Waals surface area contributed by atoms with E-state index in [1.165, 1.54) is 19.3 Å². The number of pyridine rings is 2. The molecule has 0 saturated carbocycles. The number of hydrogen-bond acceptors (Lipinski definition) is 2. The third kappa shape index (κ3) is 2.08. The van der Waals surface area contributed by atoms with Crippen LogP contribution in [-0.4, -0.2) is 9.55 Å². The Morgan fingerprint density at radius 1 is 1.24 bits per heavy atom. The second-order valence-corrected chi connectivity index (χ2v) is 3.83. The van der Waals surface area contributed by atoms with Crippen molar-refractivity contribution in [3.8, 4) is 11.3 Å². The van der Waals surface area contributed by atoms with Gasteiger partial charge in [0, 0.05) is 31.1 Å². The van der Waals surface area contributed by atoms with Crippen LogP contribution < -0.4 is 5.56 Å². The van der Waals surface area contributed by atoms with Gasteiger partial charge in [-0.2, -0.15) is 0 Å². The molecule has 5 heteroatoms. The molecular formula is C12H10F2N2O. The summed E-state index contributed by atoms with van der Waals surface area (Å²) in [5.41, 5.74) is -0.0462. The Kier molecular flexibility index (Phi) is 2.75. The standard InChI is InChI=1S/C12H10F2N2O/c1-7-3-9(13)12(15-5-7)8-4-11(17)16(2)6-10(8)14/h3-6H,1-2H3. The van der Waals surface area contributed by atoms with Crippen molar-refractivity contribution in [1.82, 2.24) is 9.55 Å². The molecule has 0 aliphatic rings. The Morgan fingerprint density at radius 3 is 2.59 bits per heavy atom. The number of rotatable bonds is 1. The van der Waals surface area contributed by atoms with Gasteiger partial charge in [0.1, 0.15) is 17.3 Å². The maximum absolute atomic E-state index is 13.6. The van der Waals surface area contributed by atoms with Crippen LogP contribution in [0.4, 0.5) is 8.78 Å². The molecule has 3 nitrogen and oxygen atoms in total. The molecule has 88 valence electrons. The first-order chi connectivity index (χ1) is 7.99. The molecule has 2 heterocycles. The number of nitrogens with zero attached hydrogens (tertiary/aromatic N) is 2. The maximum Gasteiger partial charge on any atom is 0.251 e. The molecule has 0 N–H and O–H groups in total. The van der Waals surface area contributed by atoms with E-state index in [0.29, 0.717) is 5.56 Å². The van der Waals surface area contributed by atoms with Gasteiger partial charge in [-0.1, -0.05) is 0 Å². The van der Waals surface area contributed by atoms with Crippen LogP contribution in [0.15, 0.2) is 29.3 Å². The number of halogens is 2. The molecule has 2 rings (SSSR count). The molecule has 0 saturated heterocycles. The average molecular weight is 236 g/mol. The first-order valence-electron chi connectivity index (χ1n) is 4.97. The zero-order valence-electron chi connectivity index (χ0n) is 9.37. The fourth-order valence-corrected chi connectivity index (χ4v) is 1.51. The zero-order valence-corrected chi connectivity index (χ0v) is 9.37. The van der Waals surface area contributed by atoms with Crippen LogP contribution in [0.25, 0.3) is 11.3 Å². The summed E-state index contributed by atoms with van der Waals surface area (Å²) in [5, 5.41) is 0. The number of hydrogen-bond donors (Lipinski definition) is 0. The Labute approximate surface area is 96.4 Å². The van der Waals surface area contributed by atoms with E-state index in [0.717, 1.165) is 16.8 Å². The molecule has 0 bridgehead atoms. The van der Waals surface area contributed by atoms with Crippen molar-refractivity contribution in [3.05, 3.63) is 52.1 Å². The molecule has 0 aliphatic carbocycles. The molecule has 0 amide bonds. The van der Waals surface area contributed by atoms with Gasteiger partial charge < -0.3 is 4.57 Å². The lowest BCUT2D eigenvalue weighted by atomic mass is 10.1. The van der Waals surface area contributed by atoms with Crippen molar-refractivity contribution < 1.29 is 8.78 Å². The van der Waals surface area contributed by atoms with Crippen molar-refractivity contribution in [1.29, 1.82) is 0 Å². The summed E-state index contributed by atoms with van der Waals surface area (Å²) in [6, 6.07) is 2.29. The molecule has 2 aromatic heterocycles. The van der Waals surface area contributed by atoms with Crippen molar-refractivity contribution in [3.63, 3.8) is 0 Å². The van der Waals surface area contributed by atoms with E-state index in [1.54, 1.807) is 6.92 Å². The lowest BCUT2D eigenvalue weighted by Gasteiger charge is -2.06. The fourth-order valence-electron chi connectivity index (χ4n) is 1.51. The van der Waals surface area contributed by atoms with Crippen molar-refractivity contribution in [2.75, 3.05) is 0 Å². The monoisotopic (exact) mass is 236 g/mol. The van der Waals surface area contributed by atoms with Crippen LogP contribution in [0.1, 0.15) is 5.56 Å². The summed E-state index contributed by atoms with van der Waals surface area (Å²) in [6.07, 6.45) is 2.44. The minimum Gasteiger partial charge on any atom is -0.316 e. The molecule has 0 atom stereocenters. The van der Waals surface area contributed by atoms with E-state index in [4.69, 9.17) is 0 Å². The van der Waals surface area contributed by atoms with E-state index in [2.05, 4.69) is 4.98 Å². The lowest BCUT2D eigenvalue weighted by molar-refractivity contribution is 0.597. The summed E-state index contributed by atoms with van der Waals surface area (Å²) in [4.78, 5) is 15.2. The summed E-state index contributed by atoms with van der Waals surface area (Å²) in [7, 11) is 1.42. The maximum atomic E-state index is 13.6. The molecule has 0 unspecified atom stereocenters. The highest BCUT2D eigenvalue weighted by Crippen LogP contribution is 2.22. The number of aromatic nitrogens is 2. The number of aryl methyl sites for hydroxylation is 2. The molecule has 17 heavy (non-hydrogen) atoms. The molecule has 2 aromatic rings. The van der Waals surface area contributed by atoms with E-state index < -0.39 is 17.2 Å². The van der Waals surface area contributed by atoms with Gasteiger partial charge in [0.2, 0.25) is 0 Å². The predicted octanol–water partition coefficient (Wildman–Crippen LogP) is 2.03. The Morgan fingerprint density at radius 2 is 1.94 bits per heavy atom. The highest BCUT2D eigenvalue weighted by molar-refractivity contribution is 5.59. The van der Waals surface area contributed by atoms with Crippen molar-refractivity contribution >= 4 is 0 Å². The summed E-state index contributed by atoms with van der Waals surface area (Å²) in [5.74, 6) is -1.32. The lowest BCUT2D eigenvalue weighted by Crippen LogP contribution is -2.16. The van der Waals surface area contributed by atoms with Crippen LogP contribution in [0.2, 0.25) is 0 Å². The van der Waals surface area contributed by atoms with Crippen LogP contribution >= 0.6 is 0 Å². The average Bonchev–Trinajstić information content (AvgIpc) is 2.24. The van der Waals surface area contributed by atoms with Crippen LogP contribution in [0.5, 0.6) is 0 Å². The van der Waals surface area contributed by atoms with E-state index >= 15 is 0 Å². The van der Waals surface area contributed by atoms with E-state index in [-0.39, 0.29) is 11.3 Å². The van der Waals surface area contributed by atoms with Gasteiger partial charge in [-0.05, 0) is 18.6 Å². The minimum absolute atomic E-state index is 0.120. The summed E-state index contributed by atoms with van der Waals surface area (Å²) in [6.45, 7) is 1.68. The fraction of sp³-hybridized carbons (Fsp3) is 0.167. The highest BCUT2D eigenvalue weighted by Gasteiger charge is 2.13. The molecule has 0 radical (unpaired) electrons. The second-order valence-electron chi connectivity index (χ2n) is 3.83. The topological polar surface area (TPSA) is 34.9 Å². The van der Waals surface area contributed by atoms with Gasteiger partial charge in [-0.25, -0.2) is 8.78 Å². The second kappa shape index (κ2) is 4.08. The zero-order chi connectivity index (χ0) is 12.6. The van der Waals surface area contributed by atoms with Gasteiger partial charge in [-0.15, -0.1) is 0 Å². The molecule has 0 aliphatic heterocycles. The minimum atomic E-state index is -0.678. The van der Waals surface area contributed by atoms with Gasteiger partial charge >= 0.3 is 0 Å². The first kappa shape index (κ1) is 11.4. The third-order valence-electron chi connectivity index (χ3n) is 2.41. The summed E-state index contributed by atoms with van der Waals surface area (Å²) >= 11 is 0. The Bertz CT molecular complexity index is 635. The quantitative estimate of drug-likeness (QED) is 0.759. The summed E-state index contributed by atoms with van der Waals surface area (Å²) < 4.78 is 28.3. The Hall–Kier alpha value is -2.04. The first-order valence-corrected chi connectivity index (χ1v) is 4.97. The smallest absolute Gasteiger partial charge is 0.251 e.